The molecule has 1 aromatic rings. The minimum atomic E-state index is -0.313. The summed E-state index contributed by atoms with van der Waals surface area (Å²) in [6.45, 7) is 2.72. The summed E-state index contributed by atoms with van der Waals surface area (Å²) in [6, 6.07) is 4.31. The van der Waals surface area contributed by atoms with Crippen LogP contribution in [0.25, 0.3) is 0 Å². The molecule has 0 aromatic heterocycles. The molecule has 0 fully saturated rings. The topological polar surface area (TPSA) is 20.3 Å². The van der Waals surface area contributed by atoms with E-state index in [2.05, 4.69) is 22.9 Å². The molecule has 0 N–H and O–H groups in total. The molecule has 0 saturated heterocycles. The number of nitrogens with zero attached hydrogens (tertiary/aromatic N) is 1. The number of hydrogen-bond donors (Lipinski definition) is 0. The van der Waals surface area contributed by atoms with E-state index in [1.165, 1.54) is 12.1 Å². The molecule has 0 radical (unpaired) electrons. The fourth-order valence-corrected chi connectivity index (χ4v) is 1.85. The zero-order valence-corrected chi connectivity index (χ0v) is 10.1. The molecule has 1 amide bonds. The highest BCUT2D eigenvalue weighted by atomic mass is 79.9. The maximum Gasteiger partial charge on any atom is 0.214 e. The third-order valence-electron chi connectivity index (χ3n) is 2.10. The summed E-state index contributed by atoms with van der Waals surface area (Å²) < 4.78 is 13.4. The van der Waals surface area contributed by atoms with E-state index in [1.807, 2.05) is 0 Å². The molecule has 0 heterocycles. The summed E-state index contributed by atoms with van der Waals surface area (Å²) in [6.07, 6.45) is 2.72. The van der Waals surface area contributed by atoms with Crippen molar-refractivity contribution in [2.45, 2.75) is 19.8 Å². The summed E-state index contributed by atoms with van der Waals surface area (Å²) in [5.41, 5.74) is 0.708. The summed E-state index contributed by atoms with van der Waals surface area (Å²) in [5, 5.41) is 0. The number of carbonyl (C=O) groups is 1. The van der Waals surface area contributed by atoms with Crippen LogP contribution in [-0.2, 0) is 4.79 Å². The van der Waals surface area contributed by atoms with E-state index < -0.39 is 0 Å². The van der Waals surface area contributed by atoms with Gasteiger partial charge in [-0.15, -0.1) is 0 Å². The zero-order valence-electron chi connectivity index (χ0n) is 8.54. The van der Waals surface area contributed by atoms with E-state index in [4.69, 9.17) is 0 Å². The molecule has 0 bridgehead atoms. The molecule has 1 rings (SSSR count). The number of halogens is 2. The summed E-state index contributed by atoms with van der Waals surface area (Å²) >= 11 is 3.24. The average Bonchev–Trinajstić information content (AvgIpc) is 2.21. The molecule has 0 spiro atoms. The lowest BCUT2D eigenvalue weighted by atomic mass is 10.2. The van der Waals surface area contributed by atoms with Crippen LogP contribution < -0.4 is 4.90 Å². The van der Waals surface area contributed by atoms with Gasteiger partial charge in [-0.3, -0.25) is 4.79 Å². The second-order valence-corrected chi connectivity index (χ2v) is 4.10. The van der Waals surface area contributed by atoms with Gasteiger partial charge in [0.25, 0.3) is 0 Å². The van der Waals surface area contributed by atoms with Crippen molar-refractivity contribution in [1.82, 2.24) is 0 Å². The van der Waals surface area contributed by atoms with Gasteiger partial charge in [-0.2, -0.15) is 0 Å². The Morgan fingerprint density at radius 2 is 2.27 bits per heavy atom. The van der Waals surface area contributed by atoms with E-state index in [-0.39, 0.29) is 5.82 Å². The minimum absolute atomic E-state index is 0.313. The summed E-state index contributed by atoms with van der Waals surface area (Å²) in [5.74, 6) is -0.313. The van der Waals surface area contributed by atoms with Gasteiger partial charge in [0.2, 0.25) is 6.41 Å². The first-order valence-electron chi connectivity index (χ1n) is 4.86. The molecule has 0 unspecified atom stereocenters. The van der Waals surface area contributed by atoms with Crippen LogP contribution in [-0.4, -0.2) is 13.0 Å². The van der Waals surface area contributed by atoms with Crippen molar-refractivity contribution in [3.63, 3.8) is 0 Å². The molecule has 0 saturated carbocycles. The zero-order chi connectivity index (χ0) is 11.3. The predicted octanol–water partition coefficient (Wildman–Crippen LogP) is 3.35. The molecule has 0 aliphatic carbocycles. The van der Waals surface area contributed by atoms with E-state index in [0.717, 1.165) is 19.3 Å². The lowest BCUT2D eigenvalue weighted by Gasteiger charge is -2.18. The van der Waals surface area contributed by atoms with Crippen molar-refractivity contribution in [3.05, 3.63) is 28.5 Å². The molecule has 82 valence electrons. The average molecular weight is 274 g/mol. The number of anilines is 1. The van der Waals surface area contributed by atoms with Crippen molar-refractivity contribution in [2.24, 2.45) is 0 Å². The largest absolute Gasteiger partial charge is 0.314 e. The lowest BCUT2D eigenvalue weighted by molar-refractivity contribution is -0.107. The highest BCUT2D eigenvalue weighted by Crippen LogP contribution is 2.26. The van der Waals surface area contributed by atoms with Gasteiger partial charge in [0.1, 0.15) is 5.82 Å². The lowest BCUT2D eigenvalue weighted by Crippen LogP contribution is -2.22. The Balaban J connectivity index is 2.86. The quantitative estimate of drug-likeness (QED) is 0.754. The normalized spacial score (nSPS) is 10.1. The monoisotopic (exact) mass is 273 g/mol. The number of hydrogen-bond acceptors (Lipinski definition) is 1. The number of carbonyl (C=O) groups excluding carboxylic acids is 1. The summed E-state index contributed by atoms with van der Waals surface area (Å²) in [4.78, 5) is 12.4. The van der Waals surface area contributed by atoms with Crippen LogP contribution in [0.5, 0.6) is 0 Å². The van der Waals surface area contributed by atoms with Crippen molar-refractivity contribution >= 4 is 28.0 Å². The van der Waals surface area contributed by atoms with Crippen molar-refractivity contribution in [3.8, 4) is 0 Å². The maximum atomic E-state index is 12.8. The first-order chi connectivity index (χ1) is 7.19. The van der Waals surface area contributed by atoms with E-state index in [1.54, 1.807) is 11.0 Å². The highest BCUT2D eigenvalue weighted by molar-refractivity contribution is 9.10. The molecule has 0 atom stereocenters. The Kier molecular flexibility index (Phi) is 4.75. The molecule has 0 aliphatic heterocycles. The molecular weight excluding hydrogens is 261 g/mol. The van der Waals surface area contributed by atoms with Gasteiger partial charge in [0.15, 0.2) is 0 Å². The van der Waals surface area contributed by atoms with Gasteiger partial charge >= 0.3 is 0 Å². The molecule has 1 aromatic carbocycles. The van der Waals surface area contributed by atoms with Crippen LogP contribution in [0.15, 0.2) is 22.7 Å². The molecule has 0 aliphatic rings. The van der Waals surface area contributed by atoms with E-state index in [0.29, 0.717) is 16.7 Å². The fraction of sp³-hybridized carbons (Fsp3) is 0.364. The van der Waals surface area contributed by atoms with Crippen LogP contribution in [0.1, 0.15) is 19.8 Å². The van der Waals surface area contributed by atoms with Gasteiger partial charge in [0.05, 0.1) is 5.69 Å². The van der Waals surface area contributed by atoms with Crippen LogP contribution in [0.3, 0.4) is 0 Å². The molecule has 2 nitrogen and oxygen atoms in total. The number of unbranched alkanes of at least 4 members (excludes halogenated alkanes) is 1. The van der Waals surface area contributed by atoms with E-state index >= 15 is 0 Å². The Bertz CT molecular complexity index is 343. The maximum absolute atomic E-state index is 12.8. The smallest absolute Gasteiger partial charge is 0.214 e. The molecule has 15 heavy (non-hydrogen) atoms. The van der Waals surface area contributed by atoms with Crippen LogP contribution >= 0.6 is 15.9 Å². The third-order valence-corrected chi connectivity index (χ3v) is 2.73. The first-order valence-corrected chi connectivity index (χ1v) is 5.65. The Morgan fingerprint density at radius 1 is 1.53 bits per heavy atom. The minimum Gasteiger partial charge on any atom is -0.314 e. The highest BCUT2D eigenvalue weighted by Gasteiger charge is 2.08. The Morgan fingerprint density at radius 3 is 2.80 bits per heavy atom. The van der Waals surface area contributed by atoms with E-state index in [9.17, 15) is 9.18 Å². The molecule has 4 heteroatoms. The fourth-order valence-electron chi connectivity index (χ4n) is 1.27. The Hall–Kier alpha value is -0.900. The number of rotatable bonds is 5. The second-order valence-electron chi connectivity index (χ2n) is 3.25. The Labute approximate surface area is 97.2 Å². The van der Waals surface area contributed by atoms with Gasteiger partial charge in [-0.25, -0.2) is 4.39 Å². The number of amides is 1. The third kappa shape index (κ3) is 3.30. The standard InChI is InChI=1S/C11H13BrFNO/c1-2-3-6-14(8-15)11-5-4-9(13)7-10(11)12/h4-5,7-8H,2-3,6H2,1H3. The van der Waals surface area contributed by atoms with Crippen LogP contribution in [0, 0.1) is 5.82 Å². The van der Waals surface area contributed by atoms with Crippen molar-refractivity contribution in [1.29, 1.82) is 0 Å². The summed E-state index contributed by atoms with van der Waals surface area (Å²) in [7, 11) is 0. The van der Waals surface area contributed by atoms with Crippen LogP contribution in [0.4, 0.5) is 10.1 Å². The van der Waals surface area contributed by atoms with Gasteiger partial charge < -0.3 is 4.90 Å². The predicted molar refractivity (Wildman–Crippen MR) is 62.4 cm³/mol. The van der Waals surface area contributed by atoms with Gasteiger partial charge in [-0.1, -0.05) is 13.3 Å². The second kappa shape index (κ2) is 5.85. The molecular formula is C11H13BrFNO. The van der Waals surface area contributed by atoms with Crippen molar-refractivity contribution < 1.29 is 9.18 Å². The van der Waals surface area contributed by atoms with Crippen LogP contribution in [0.2, 0.25) is 0 Å². The first kappa shape index (κ1) is 12.2. The van der Waals surface area contributed by atoms with Crippen molar-refractivity contribution in [2.75, 3.05) is 11.4 Å². The SMILES string of the molecule is CCCCN(C=O)c1ccc(F)cc1Br. The van der Waals surface area contributed by atoms with Gasteiger partial charge in [-0.05, 0) is 40.5 Å². The van der Waals surface area contributed by atoms with Gasteiger partial charge in [0, 0.05) is 11.0 Å². The number of benzene rings is 1.